The van der Waals surface area contributed by atoms with Crippen LogP contribution in [0.2, 0.25) is 0 Å². The molecule has 0 bridgehead atoms. The van der Waals surface area contributed by atoms with Crippen LogP contribution in [-0.2, 0) is 0 Å². The van der Waals surface area contributed by atoms with E-state index < -0.39 is 11.6 Å². The van der Waals surface area contributed by atoms with E-state index in [0.717, 1.165) is 25.5 Å². The van der Waals surface area contributed by atoms with Crippen molar-refractivity contribution >= 4 is 5.69 Å². The van der Waals surface area contributed by atoms with Crippen molar-refractivity contribution in [1.82, 2.24) is 0 Å². The Bertz CT molecular complexity index is 340. The largest absolute Gasteiger partial charge is 0.375 e. The van der Waals surface area contributed by atoms with Gasteiger partial charge in [-0.25, -0.2) is 8.78 Å². The Morgan fingerprint density at radius 2 is 2.00 bits per heavy atom. The van der Waals surface area contributed by atoms with Crippen molar-refractivity contribution in [1.29, 1.82) is 0 Å². The molecule has 0 aliphatic heterocycles. The van der Waals surface area contributed by atoms with Gasteiger partial charge in [0.05, 0.1) is 0 Å². The molecule has 0 radical (unpaired) electrons. The third kappa shape index (κ3) is 3.77. The summed E-state index contributed by atoms with van der Waals surface area (Å²) in [5.41, 5.74) is 6.32. The van der Waals surface area contributed by atoms with Crippen LogP contribution in [0, 0.1) is 11.6 Å². The number of anilines is 1. The fraction of sp³-hybridized carbons (Fsp3) is 0.500. The minimum atomic E-state index is -0.812. The van der Waals surface area contributed by atoms with E-state index in [0.29, 0.717) is 5.69 Å². The Morgan fingerprint density at radius 3 is 2.56 bits per heavy atom. The molecule has 0 saturated carbocycles. The van der Waals surface area contributed by atoms with Crippen molar-refractivity contribution < 1.29 is 8.78 Å². The van der Waals surface area contributed by atoms with Crippen LogP contribution >= 0.6 is 0 Å². The van der Waals surface area contributed by atoms with Crippen LogP contribution in [0.15, 0.2) is 18.2 Å². The smallest absolute Gasteiger partial charge is 0.160 e. The standard InChI is InChI=1S/C12H18F2N2/c1-9(15)4-3-7-16(2)10-5-6-11(13)12(14)8-10/h5-6,8-9H,3-4,7,15H2,1-2H3. The number of hydrogen-bond donors (Lipinski definition) is 1. The summed E-state index contributed by atoms with van der Waals surface area (Å²) in [6, 6.07) is 4.11. The highest BCUT2D eigenvalue weighted by atomic mass is 19.2. The maximum absolute atomic E-state index is 13.0. The molecular formula is C12H18F2N2. The third-order valence-electron chi connectivity index (χ3n) is 2.50. The van der Waals surface area contributed by atoms with Crippen molar-refractivity contribution in [3.8, 4) is 0 Å². The maximum Gasteiger partial charge on any atom is 0.160 e. The van der Waals surface area contributed by atoms with E-state index in [1.54, 1.807) is 6.07 Å². The zero-order chi connectivity index (χ0) is 12.1. The van der Waals surface area contributed by atoms with Crippen LogP contribution in [-0.4, -0.2) is 19.6 Å². The summed E-state index contributed by atoms with van der Waals surface area (Å²) in [6.07, 6.45) is 1.86. The fourth-order valence-electron chi connectivity index (χ4n) is 1.50. The van der Waals surface area contributed by atoms with Crippen molar-refractivity contribution in [2.45, 2.75) is 25.8 Å². The van der Waals surface area contributed by atoms with E-state index in [4.69, 9.17) is 5.73 Å². The number of nitrogens with two attached hydrogens (primary N) is 1. The molecule has 4 heteroatoms. The monoisotopic (exact) mass is 228 g/mol. The number of nitrogens with zero attached hydrogens (tertiary/aromatic N) is 1. The Hall–Kier alpha value is -1.16. The van der Waals surface area contributed by atoms with Gasteiger partial charge in [-0.2, -0.15) is 0 Å². The molecule has 0 spiro atoms. The average Bonchev–Trinajstić information content (AvgIpc) is 2.21. The molecule has 2 nitrogen and oxygen atoms in total. The molecule has 0 aliphatic carbocycles. The summed E-state index contributed by atoms with van der Waals surface area (Å²) < 4.78 is 25.7. The van der Waals surface area contributed by atoms with E-state index >= 15 is 0 Å². The molecule has 1 aromatic rings. The molecule has 16 heavy (non-hydrogen) atoms. The van der Waals surface area contributed by atoms with E-state index in [1.807, 2.05) is 18.9 Å². The highest BCUT2D eigenvalue weighted by Crippen LogP contribution is 2.17. The van der Waals surface area contributed by atoms with Gasteiger partial charge in [-0.3, -0.25) is 0 Å². The van der Waals surface area contributed by atoms with Crippen LogP contribution in [0.5, 0.6) is 0 Å². The summed E-state index contributed by atoms with van der Waals surface area (Å²) in [4.78, 5) is 1.89. The molecule has 1 atom stereocenters. The first kappa shape index (κ1) is 12.9. The Kier molecular flexibility index (Phi) is 4.68. The number of benzene rings is 1. The number of hydrogen-bond acceptors (Lipinski definition) is 2. The molecule has 1 aromatic carbocycles. The summed E-state index contributed by atoms with van der Waals surface area (Å²) in [6.45, 7) is 2.74. The second kappa shape index (κ2) is 5.80. The van der Waals surface area contributed by atoms with Crippen molar-refractivity contribution in [2.75, 3.05) is 18.5 Å². The topological polar surface area (TPSA) is 29.3 Å². The van der Waals surface area contributed by atoms with Crippen molar-refractivity contribution in [3.05, 3.63) is 29.8 Å². The second-order valence-electron chi connectivity index (χ2n) is 4.14. The molecule has 90 valence electrons. The summed E-state index contributed by atoms with van der Waals surface area (Å²) >= 11 is 0. The molecule has 0 aliphatic rings. The lowest BCUT2D eigenvalue weighted by molar-refractivity contribution is 0.508. The van der Waals surface area contributed by atoms with Gasteiger partial charge < -0.3 is 10.6 Å². The Labute approximate surface area is 95.1 Å². The lowest BCUT2D eigenvalue weighted by Gasteiger charge is -2.19. The highest BCUT2D eigenvalue weighted by molar-refractivity contribution is 5.45. The molecule has 0 fully saturated rings. The zero-order valence-electron chi connectivity index (χ0n) is 9.71. The van der Waals surface area contributed by atoms with E-state index in [1.165, 1.54) is 6.07 Å². The molecule has 0 aromatic heterocycles. The zero-order valence-corrected chi connectivity index (χ0v) is 9.71. The highest BCUT2D eigenvalue weighted by Gasteiger charge is 2.06. The molecule has 0 saturated heterocycles. The molecular weight excluding hydrogens is 210 g/mol. The van der Waals surface area contributed by atoms with Gasteiger partial charge in [0.2, 0.25) is 0 Å². The normalized spacial score (nSPS) is 12.6. The molecule has 1 unspecified atom stereocenters. The average molecular weight is 228 g/mol. The van der Waals surface area contributed by atoms with Gasteiger partial charge in [-0.1, -0.05) is 0 Å². The third-order valence-corrected chi connectivity index (χ3v) is 2.50. The SMILES string of the molecule is CC(N)CCCN(C)c1ccc(F)c(F)c1. The van der Waals surface area contributed by atoms with Gasteiger partial charge in [0, 0.05) is 31.4 Å². The molecule has 1 rings (SSSR count). The summed E-state index contributed by atoms with van der Waals surface area (Å²) in [5, 5.41) is 0. The Morgan fingerprint density at radius 1 is 1.31 bits per heavy atom. The van der Waals surface area contributed by atoms with Crippen molar-refractivity contribution in [2.24, 2.45) is 5.73 Å². The van der Waals surface area contributed by atoms with Crippen molar-refractivity contribution in [3.63, 3.8) is 0 Å². The lowest BCUT2D eigenvalue weighted by atomic mass is 10.2. The quantitative estimate of drug-likeness (QED) is 0.839. The number of halogens is 2. The van der Waals surface area contributed by atoms with Gasteiger partial charge in [0.25, 0.3) is 0 Å². The van der Waals surface area contributed by atoms with Crippen LogP contribution in [0.4, 0.5) is 14.5 Å². The predicted octanol–water partition coefficient (Wildman–Crippen LogP) is 2.53. The first-order chi connectivity index (χ1) is 7.50. The molecule has 2 N–H and O–H groups in total. The van der Waals surface area contributed by atoms with Gasteiger partial charge in [0.15, 0.2) is 11.6 Å². The predicted molar refractivity (Wildman–Crippen MR) is 62.5 cm³/mol. The maximum atomic E-state index is 13.0. The van der Waals surface area contributed by atoms with Crippen LogP contribution < -0.4 is 10.6 Å². The Balaban J connectivity index is 2.52. The first-order valence-corrected chi connectivity index (χ1v) is 5.42. The summed E-state index contributed by atoms with van der Waals surface area (Å²) in [5.74, 6) is -1.62. The minimum Gasteiger partial charge on any atom is -0.375 e. The van der Waals surface area contributed by atoms with Gasteiger partial charge >= 0.3 is 0 Å². The van der Waals surface area contributed by atoms with Crippen LogP contribution in [0.1, 0.15) is 19.8 Å². The van der Waals surface area contributed by atoms with Gasteiger partial charge in [0.1, 0.15) is 0 Å². The fourth-order valence-corrected chi connectivity index (χ4v) is 1.50. The first-order valence-electron chi connectivity index (χ1n) is 5.42. The van der Waals surface area contributed by atoms with E-state index in [2.05, 4.69) is 0 Å². The van der Waals surface area contributed by atoms with Crippen LogP contribution in [0.3, 0.4) is 0 Å². The lowest BCUT2D eigenvalue weighted by Crippen LogP contribution is -2.22. The van der Waals surface area contributed by atoms with Gasteiger partial charge in [-0.05, 0) is 31.9 Å². The van der Waals surface area contributed by atoms with Gasteiger partial charge in [-0.15, -0.1) is 0 Å². The minimum absolute atomic E-state index is 0.179. The molecule has 0 amide bonds. The van der Waals surface area contributed by atoms with E-state index in [9.17, 15) is 8.78 Å². The van der Waals surface area contributed by atoms with E-state index in [-0.39, 0.29) is 6.04 Å². The second-order valence-corrected chi connectivity index (χ2v) is 4.14. The molecule has 0 heterocycles. The number of rotatable bonds is 5. The summed E-state index contributed by atoms with van der Waals surface area (Å²) in [7, 11) is 1.86. The van der Waals surface area contributed by atoms with Crippen LogP contribution in [0.25, 0.3) is 0 Å².